The number of anilines is 1. The Morgan fingerprint density at radius 2 is 1.76 bits per heavy atom. The summed E-state index contributed by atoms with van der Waals surface area (Å²) in [5.74, 6) is -1.14. The summed E-state index contributed by atoms with van der Waals surface area (Å²) < 4.78 is 40.6. The lowest BCUT2D eigenvalue weighted by molar-refractivity contribution is -0.274. The van der Waals surface area contributed by atoms with Crippen molar-refractivity contribution in [1.82, 2.24) is 9.97 Å². The Morgan fingerprint density at radius 3 is 2.20 bits per heavy atom. The molecule has 0 bridgehead atoms. The van der Waals surface area contributed by atoms with Crippen LogP contribution in [-0.4, -0.2) is 27.4 Å². The Kier molecular flexibility index (Phi) is 4.23. The first-order chi connectivity index (χ1) is 11.8. The van der Waals surface area contributed by atoms with Gasteiger partial charge in [0, 0.05) is 12.4 Å². The van der Waals surface area contributed by atoms with Crippen molar-refractivity contribution in [2.45, 2.75) is 31.2 Å². The molecular weight excluding hydrogens is 339 g/mol. The molecule has 132 valence electrons. The number of carbonyl (C=O) groups is 1. The summed E-state index contributed by atoms with van der Waals surface area (Å²) in [7, 11) is 0. The predicted octanol–water partition coefficient (Wildman–Crippen LogP) is 3.56. The number of hydrogen-bond acceptors (Lipinski definition) is 5. The lowest BCUT2D eigenvalue weighted by Crippen LogP contribution is -2.42. The summed E-state index contributed by atoms with van der Waals surface area (Å²) in [6.45, 7) is 0. The van der Waals surface area contributed by atoms with Crippen molar-refractivity contribution in [1.29, 1.82) is 0 Å². The van der Waals surface area contributed by atoms with Gasteiger partial charge >= 0.3 is 12.3 Å². The maximum atomic E-state index is 12.2. The van der Waals surface area contributed by atoms with E-state index < -0.39 is 17.9 Å². The molecule has 0 amide bonds. The molecule has 9 heteroatoms. The van der Waals surface area contributed by atoms with Gasteiger partial charge in [-0.2, -0.15) is 0 Å². The molecule has 2 N–H and O–H groups in total. The molecule has 1 saturated carbocycles. The number of benzene rings is 1. The van der Waals surface area contributed by atoms with E-state index in [1.54, 1.807) is 12.1 Å². The van der Waals surface area contributed by atoms with Crippen LogP contribution in [0.3, 0.4) is 0 Å². The average Bonchev–Trinajstić information content (AvgIpc) is 2.51. The van der Waals surface area contributed by atoms with Gasteiger partial charge in [-0.05, 0) is 37.0 Å². The first-order valence-corrected chi connectivity index (χ1v) is 7.47. The maximum absolute atomic E-state index is 12.2. The van der Waals surface area contributed by atoms with Crippen LogP contribution in [0.1, 0.15) is 35.2 Å². The van der Waals surface area contributed by atoms with Gasteiger partial charge in [0.05, 0.1) is 11.1 Å². The van der Waals surface area contributed by atoms with Gasteiger partial charge in [0.15, 0.2) is 0 Å². The summed E-state index contributed by atoms with van der Waals surface area (Å²) in [5, 5.41) is 12.0. The largest absolute Gasteiger partial charge is 0.573 e. The second-order valence-electron chi connectivity index (χ2n) is 5.73. The van der Waals surface area contributed by atoms with Crippen LogP contribution in [0.5, 0.6) is 5.75 Å². The molecule has 2 aromatic rings. The van der Waals surface area contributed by atoms with Crippen molar-refractivity contribution in [2.24, 2.45) is 0 Å². The van der Waals surface area contributed by atoms with E-state index in [4.69, 9.17) is 5.11 Å². The Labute approximate surface area is 140 Å². The quantitative estimate of drug-likeness (QED) is 0.855. The number of hydrogen-bond donors (Lipinski definition) is 2. The molecule has 1 aromatic carbocycles. The third-order valence-corrected chi connectivity index (χ3v) is 4.10. The fourth-order valence-corrected chi connectivity index (χ4v) is 2.71. The second-order valence-corrected chi connectivity index (χ2v) is 5.73. The highest BCUT2D eigenvalue weighted by Crippen LogP contribution is 2.44. The topological polar surface area (TPSA) is 84.3 Å². The number of aromatic carboxylic acids is 1. The number of ether oxygens (including phenoxy) is 1. The van der Waals surface area contributed by atoms with Crippen LogP contribution in [-0.2, 0) is 5.54 Å². The van der Waals surface area contributed by atoms with Gasteiger partial charge in [-0.1, -0.05) is 12.1 Å². The number of carboxylic acid groups (broad SMARTS) is 1. The zero-order chi connectivity index (χ0) is 18.1. The van der Waals surface area contributed by atoms with E-state index in [-0.39, 0.29) is 17.3 Å². The number of alkyl halides is 3. The molecule has 1 aromatic heterocycles. The molecule has 0 spiro atoms. The highest BCUT2D eigenvalue weighted by molar-refractivity contribution is 5.86. The molecule has 0 aliphatic heterocycles. The fraction of sp³-hybridized carbons (Fsp3) is 0.312. The van der Waals surface area contributed by atoms with Crippen molar-refractivity contribution in [3.63, 3.8) is 0 Å². The van der Waals surface area contributed by atoms with E-state index in [1.165, 1.54) is 24.5 Å². The fourth-order valence-electron chi connectivity index (χ4n) is 2.71. The van der Waals surface area contributed by atoms with E-state index in [9.17, 15) is 18.0 Å². The minimum atomic E-state index is -4.73. The van der Waals surface area contributed by atoms with Gasteiger partial charge < -0.3 is 15.2 Å². The summed E-state index contributed by atoms with van der Waals surface area (Å²) in [5.41, 5.74) is 0.280. The highest BCUT2D eigenvalue weighted by Gasteiger charge is 2.39. The molecule has 3 rings (SSSR count). The van der Waals surface area contributed by atoms with Crippen LogP contribution in [0.4, 0.5) is 19.1 Å². The number of nitrogens with one attached hydrogen (secondary N) is 1. The van der Waals surface area contributed by atoms with Gasteiger partial charge in [-0.15, -0.1) is 13.2 Å². The third-order valence-electron chi connectivity index (χ3n) is 4.10. The number of carboxylic acids is 1. The lowest BCUT2D eigenvalue weighted by atomic mass is 9.72. The number of nitrogens with zero attached hydrogens (tertiary/aromatic N) is 2. The standard InChI is InChI=1S/C16H14F3N3O3/c17-16(18,19)25-12-4-2-11(3-5-12)15(6-1-7-15)22-14-20-8-10(9-21-14)13(23)24/h2-5,8-9H,1,6-7H2,(H,23,24)(H,20,21,22). The third kappa shape index (κ3) is 3.81. The Morgan fingerprint density at radius 1 is 1.16 bits per heavy atom. The van der Waals surface area contributed by atoms with Crippen molar-refractivity contribution < 1.29 is 27.8 Å². The monoisotopic (exact) mass is 353 g/mol. The second kappa shape index (κ2) is 6.23. The smallest absolute Gasteiger partial charge is 0.478 e. The molecule has 0 atom stereocenters. The van der Waals surface area contributed by atoms with E-state index in [1.807, 2.05) is 0 Å². The molecule has 1 heterocycles. The predicted molar refractivity (Wildman–Crippen MR) is 81.3 cm³/mol. The number of rotatable bonds is 5. The molecule has 0 saturated heterocycles. The van der Waals surface area contributed by atoms with E-state index in [0.29, 0.717) is 0 Å². The zero-order valence-corrected chi connectivity index (χ0v) is 12.9. The van der Waals surface area contributed by atoms with Crippen LogP contribution in [0, 0.1) is 0 Å². The van der Waals surface area contributed by atoms with E-state index in [2.05, 4.69) is 20.0 Å². The maximum Gasteiger partial charge on any atom is 0.573 e. The van der Waals surface area contributed by atoms with Crippen molar-refractivity contribution in [3.05, 3.63) is 47.8 Å². The molecule has 6 nitrogen and oxygen atoms in total. The molecular formula is C16H14F3N3O3. The first kappa shape index (κ1) is 17.0. The van der Waals surface area contributed by atoms with Gasteiger partial charge in [-0.3, -0.25) is 0 Å². The molecule has 0 unspecified atom stereocenters. The van der Waals surface area contributed by atoms with Gasteiger partial charge in [0.1, 0.15) is 5.75 Å². The summed E-state index contributed by atoms with van der Waals surface area (Å²) in [6, 6.07) is 5.66. The van der Waals surface area contributed by atoms with E-state index in [0.717, 1.165) is 24.8 Å². The zero-order valence-electron chi connectivity index (χ0n) is 12.9. The first-order valence-electron chi connectivity index (χ1n) is 7.47. The van der Waals surface area contributed by atoms with Crippen LogP contribution in [0.25, 0.3) is 0 Å². The van der Waals surface area contributed by atoms with Crippen LogP contribution < -0.4 is 10.1 Å². The number of halogens is 3. The molecule has 1 aliphatic rings. The number of aromatic nitrogens is 2. The Bertz CT molecular complexity index is 757. The van der Waals surface area contributed by atoms with Crippen LogP contribution in [0.2, 0.25) is 0 Å². The Balaban J connectivity index is 1.77. The van der Waals surface area contributed by atoms with Crippen LogP contribution >= 0.6 is 0 Å². The normalized spacial score (nSPS) is 16.0. The molecule has 0 radical (unpaired) electrons. The Hall–Kier alpha value is -2.84. The van der Waals surface area contributed by atoms with Crippen molar-refractivity contribution >= 4 is 11.9 Å². The van der Waals surface area contributed by atoms with Gasteiger partial charge in [-0.25, -0.2) is 14.8 Å². The molecule has 1 fully saturated rings. The van der Waals surface area contributed by atoms with Gasteiger partial charge in [0.25, 0.3) is 0 Å². The minimum Gasteiger partial charge on any atom is -0.478 e. The van der Waals surface area contributed by atoms with E-state index >= 15 is 0 Å². The van der Waals surface area contributed by atoms with Crippen LogP contribution in [0.15, 0.2) is 36.7 Å². The minimum absolute atomic E-state index is 0.0261. The molecule has 1 aliphatic carbocycles. The summed E-state index contributed by atoms with van der Waals surface area (Å²) >= 11 is 0. The average molecular weight is 353 g/mol. The van der Waals surface area contributed by atoms with Crippen molar-refractivity contribution in [2.75, 3.05) is 5.32 Å². The summed E-state index contributed by atoms with van der Waals surface area (Å²) in [4.78, 5) is 18.8. The SMILES string of the molecule is O=C(O)c1cnc(NC2(c3ccc(OC(F)(F)F)cc3)CCC2)nc1. The highest BCUT2D eigenvalue weighted by atomic mass is 19.4. The van der Waals surface area contributed by atoms with Gasteiger partial charge in [0.2, 0.25) is 5.95 Å². The van der Waals surface area contributed by atoms with Crippen molar-refractivity contribution in [3.8, 4) is 5.75 Å². The lowest BCUT2D eigenvalue weighted by Gasteiger charge is -2.43. The summed E-state index contributed by atoms with van der Waals surface area (Å²) in [6.07, 6.45) is 0.135. The molecule has 25 heavy (non-hydrogen) atoms.